The average Bonchev–Trinajstić information content (AvgIpc) is 3.06. The van der Waals surface area contributed by atoms with Crippen molar-refractivity contribution >= 4 is 11.9 Å². The van der Waals surface area contributed by atoms with E-state index in [1.807, 2.05) is 30.3 Å². The minimum atomic E-state index is -4.46. The molecule has 0 saturated carbocycles. The molecule has 2 heterocycles. The Morgan fingerprint density at radius 1 is 1.06 bits per heavy atom. The molecule has 2 aliphatic rings. The smallest absolute Gasteiger partial charge is 0.329 e. The van der Waals surface area contributed by atoms with Gasteiger partial charge < -0.3 is 10.2 Å². The van der Waals surface area contributed by atoms with Crippen LogP contribution in [0.15, 0.2) is 78.5 Å². The van der Waals surface area contributed by atoms with Crippen LogP contribution in [0.1, 0.15) is 22.7 Å². The number of benzene rings is 2. The number of carbonyl (C=O) groups excluding carboxylic acids is 2. The van der Waals surface area contributed by atoms with Crippen LogP contribution in [0, 0.1) is 0 Å². The summed E-state index contributed by atoms with van der Waals surface area (Å²) in [6.45, 7) is 4.49. The van der Waals surface area contributed by atoms with Crippen molar-refractivity contribution in [1.82, 2.24) is 15.1 Å². The highest BCUT2D eigenvalue weighted by Gasteiger charge is 2.43. The lowest BCUT2D eigenvalue weighted by molar-refractivity contribution is -0.137. The van der Waals surface area contributed by atoms with E-state index >= 15 is 0 Å². The lowest BCUT2D eigenvalue weighted by Crippen LogP contribution is -2.47. The SMILES string of the molecule is C=CCN1C(=O)N[C@@H](c2ccc(C(F)(F)F)cc2)C2=C1CN(Cc1ccccc1)C2=O. The first-order valence-corrected chi connectivity index (χ1v) is 9.72. The van der Waals surface area contributed by atoms with E-state index in [0.717, 1.165) is 17.7 Å². The second kappa shape index (κ2) is 7.94. The van der Waals surface area contributed by atoms with Gasteiger partial charge in [0.25, 0.3) is 5.91 Å². The normalized spacial score (nSPS) is 18.9. The van der Waals surface area contributed by atoms with Gasteiger partial charge in [-0.25, -0.2) is 4.79 Å². The van der Waals surface area contributed by atoms with Crippen molar-refractivity contribution in [3.63, 3.8) is 0 Å². The second-order valence-electron chi connectivity index (χ2n) is 7.41. The molecule has 0 radical (unpaired) electrons. The summed E-state index contributed by atoms with van der Waals surface area (Å²) < 4.78 is 38.8. The molecule has 0 spiro atoms. The van der Waals surface area contributed by atoms with Gasteiger partial charge in [0.1, 0.15) is 0 Å². The first kappa shape index (κ1) is 20.7. The van der Waals surface area contributed by atoms with E-state index in [2.05, 4.69) is 11.9 Å². The number of hydrogen-bond donors (Lipinski definition) is 1. The largest absolute Gasteiger partial charge is 0.416 e. The quantitative estimate of drug-likeness (QED) is 0.726. The molecule has 1 atom stereocenters. The molecule has 2 aromatic rings. The summed E-state index contributed by atoms with van der Waals surface area (Å²) in [6, 6.07) is 12.7. The number of carbonyl (C=O) groups is 2. The molecule has 160 valence electrons. The third kappa shape index (κ3) is 3.93. The predicted octanol–water partition coefficient (Wildman–Crippen LogP) is 4.25. The van der Waals surface area contributed by atoms with Crippen molar-refractivity contribution in [2.24, 2.45) is 0 Å². The van der Waals surface area contributed by atoms with Crippen LogP contribution in [-0.2, 0) is 17.5 Å². The fourth-order valence-electron chi connectivity index (χ4n) is 3.92. The average molecular weight is 427 g/mol. The molecule has 0 bridgehead atoms. The van der Waals surface area contributed by atoms with Crippen LogP contribution in [-0.4, -0.2) is 34.8 Å². The summed E-state index contributed by atoms with van der Waals surface area (Å²) in [5.41, 5.74) is 1.49. The minimum Gasteiger partial charge on any atom is -0.329 e. The molecular weight excluding hydrogens is 407 g/mol. The molecule has 0 fully saturated rings. The van der Waals surface area contributed by atoms with Gasteiger partial charge in [0.05, 0.1) is 29.4 Å². The van der Waals surface area contributed by atoms with Gasteiger partial charge in [-0.3, -0.25) is 9.69 Å². The highest BCUT2D eigenvalue weighted by atomic mass is 19.4. The Labute approximate surface area is 177 Å². The molecule has 3 amide bonds. The van der Waals surface area contributed by atoms with Gasteiger partial charge in [0, 0.05) is 13.1 Å². The molecule has 4 rings (SSSR count). The van der Waals surface area contributed by atoms with Crippen LogP contribution >= 0.6 is 0 Å². The Morgan fingerprint density at radius 2 is 1.74 bits per heavy atom. The van der Waals surface area contributed by atoms with E-state index in [0.29, 0.717) is 23.4 Å². The van der Waals surface area contributed by atoms with Crippen molar-refractivity contribution in [2.45, 2.75) is 18.8 Å². The van der Waals surface area contributed by atoms with Gasteiger partial charge in [0.2, 0.25) is 0 Å². The van der Waals surface area contributed by atoms with Gasteiger partial charge >= 0.3 is 12.2 Å². The monoisotopic (exact) mass is 427 g/mol. The maximum absolute atomic E-state index is 13.3. The van der Waals surface area contributed by atoms with Crippen LogP contribution in [0.2, 0.25) is 0 Å². The number of alkyl halides is 3. The van der Waals surface area contributed by atoms with E-state index < -0.39 is 23.8 Å². The molecule has 31 heavy (non-hydrogen) atoms. The van der Waals surface area contributed by atoms with Crippen molar-refractivity contribution in [1.29, 1.82) is 0 Å². The highest BCUT2D eigenvalue weighted by molar-refractivity contribution is 6.01. The summed E-state index contributed by atoms with van der Waals surface area (Å²) in [4.78, 5) is 29.1. The Morgan fingerprint density at radius 3 is 2.35 bits per heavy atom. The van der Waals surface area contributed by atoms with Gasteiger partial charge in [0.15, 0.2) is 0 Å². The Hall–Kier alpha value is -3.55. The Kier molecular flexibility index (Phi) is 5.31. The maximum atomic E-state index is 13.3. The van der Waals surface area contributed by atoms with Crippen LogP contribution < -0.4 is 5.32 Å². The summed E-state index contributed by atoms with van der Waals surface area (Å²) in [5, 5.41) is 2.76. The maximum Gasteiger partial charge on any atom is 0.416 e. The standard InChI is InChI=1S/C23H20F3N3O2/c1-2-12-29-18-14-28(13-15-6-4-3-5-7-15)21(30)19(18)20(27-22(29)31)16-8-10-17(11-9-16)23(24,25)26/h2-11,20H,1,12-14H2,(H,27,31)/t20-/m0/s1. The van der Waals surface area contributed by atoms with Crippen molar-refractivity contribution < 1.29 is 22.8 Å². The number of rotatable bonds is 5. The van der Waals surface area contributed by atoms with Crippen LogP contribution in [0.3, 0.4) is 0 Å². The number of halogens is 3. The highest BCUT2D eigenvalue weighted by Crippen LogP contribution is 2.38. The van der Waals surface area contributed by atoms with E-state index in [-0.39, 0.29) is 19.0 Å². The third-order valence-corrected chi connectivity index (χ3v) is 5.40. The molecule has 5 nitrogen and oxygen atoms in total. The van der Waals surface area contributed by atoms with Crippen LogP contribution in [0.4, 0.5) is 18.0 Å². The van der Waals surface area contributed by atoms with Crippen molar-refractivity contribution in [3.05, 3.63) is 95.2 Å². The zero-order valence-electron chi connectivity index (χ0n) is 16.5. The van der Waals surface area contributed by atoms with Gasteiger partial charge in [-0.1, -0.05) is 48.5 Å². The summed E-state index contributed by atoms with van der Waals surface area (Å²) in [5.74, 6) is -0.252. The number of nitrogens with one attached hydrogen (secondary N) is 1. The number of hydrogen-bond acceptors (Lipinski definition) is 2. The van der Waals surface area contributed by atoms with Gasteiger partial charge in [-0.2, -0.15) is 13.2 Å². The van der Waals surface area contributed by atoms with E-state index in [4.69, 9.17) is 0 Å². The first-order valence-electron chi connectivity index (χ1n) is 9.72. The lowest BCUT2D eigenvalue weighted by atomic mass is 9.94. The summed E-state index contributed by atoms with van der Waals surface area (Å²) in [6.07, 6.45) is -2.90. The number of urea groups is 1. The zero-order chi connectivity index (χ0) is 22.2. The molecule has 1 N–H and O–H groups in total. The Bertz CT molecular complexity index is 1050. The lowest BCUT2D eigenvalue weighted by Gasteiger charge is -2.33. The molecule has 8 heteroatoms. The van der Waals surface area contributed by atoms with Crippen LogP contribution in [0.5, 0.6) is 0 Å². The molecular formula is C23H20F3N3O2. The topological polar surface area (TPSA) is 52.7 Å². The third-order valence-electron chi connectivity index (χ3n) is 5.40. The molecule has 0 aliphatic carbocycles. The van der Waals surface area contributed by atoms with Gasteiger partial charge in [-0.05, 0) is 23.3 Å². The van der Waals surface area contributed by atoms with E-state index in [1.165, 1.54) is 17.0 Å². The van der Waals surface area contributed by atoms with E-state index in [9.17, 15) is 22.8 Å². The predicted molar refractivity (Wildman–Crippen MR) is 109 cm³/mol. The minimum absolute atomic E-state index is 0.219. The second-order valence-corrected chi connectivity index (χ2v) is 7.41. The number of amides is 3. The summed E-state index contributed by atoms with van der Waals surface area (Å²) in [7, 11) is 0. The van der Waals surface area contributed by atoms with Crippen molar-refractivity contribution in [3.8, 4) is 0 Å². The Balaban J connectivity index is 1.69. The first-order chi connectivity index (χ1) is 14.8. The van der Waals surface area contributed by atoms with Gasteiger partial charge in [-0.15, -0.1) is 6.58 Å². The number of nitrogens with zero attached hydrogens (tertiary/aromatic N) is 2. The summed E-state index contributed by atoms with van der Waals surface area (Å²) >= 11 is 0. The molecule has 0 unspecified atom stereocenters. The molecule has 0 saturated heterocycles. The van der Waals surface area contributed by atoms with Crippen molar-refractivity contribution in [2.75, 3.05) is 13.1 Å². The fraction of sp³-hybridized carbons (Fsp3) is 0.217. The molecule has 2 aromatic carbocycles. The van der Waals surface area contributed by atoms with E-state index in [1.54, 1.807) is 11.0 Å². The zero-order valence-corrected chi connectivity index (χ0v) is 16.5. The molecule has 0 aromatic heterocycles. The molecule has 2 aliphatic heterocycles. The fourth-order valence-corrected chi connectivity index (χ4v) is 3.92. The van der Waals surface area contributed by atoms with Crippen LogP contribution in [0.25, 0.3) is 0 Å².